The van der Waals surface area contributed by atoms with Crippen molar-refractivity contribution < 1.29 is 5.11 Å². The molecule has 2 N–H and O–H groups in total. The molecule has 3 aliphatic rings. The van der Waals surface area contributed by atoms with E-state index in [1.165, 1.54) is 61.0 Å². The molecule has 0 saturated heterocycles. The molecule has 1 saturated carbocycles. The molecule has 1 atom stereocenters. The Kier molecular flexibility index (Phi) is 6.09. The van der Waals surface area contributed by atoms with Crippen LogP contribution in [0.15, 0.2) is 48.7 Å². The van der Waals surface area contributed by atoms with Gasteiger partial charge >= 0.3 is 0 Å². The van der Waals surface area contributed by atoms with Crippen LogP contribution in [-0.4, -0.2) is 44.3 Å². The molecule has 2 aliphatic carbocycles. The van der Waals surface area contributed by atoms with Gasteiger partial charge < -0.3 is 5.11 Å². The zero-order valence-corrected chi connectivity index (χ0v) is 22.5. The third-order valence-electron chi connectivity index (χ3n) is 9.45. The van der Waals surface area contributed by atoms with Crippen LogP contribution in [0.3, 0.4) is 0 Å². The molecular weight excluding hydrogens is 468 g/mol. The van der Waals surface area contributed by atoms with Crippen molar-refractivity contribution in [1.82, 2.24) is 20.1 Å². The molecule has 1 fully saturated rings. The van der Waals surface area contributed by atoms with Crippen molar-refractivity contribution in [2.45, 2.75) is 82.8 Å². The van der Waals surface area contributed by atoms with E-state index in [0.717, 1.165) is 78.0 Å². The molecule has 4 aromatic rings. The number of H-pyrrole nitrogens is 1. The highest BCUT2D eigenvalue weighted by Gasteiger charge is 2.28. The molecule has 7 rings (SSSR count). The largest absolute Gasteiger partial charge is 0.385 e. The highest BCUT2D eigenvalue weighted by Crippen LogP contribution is 2.37. The van der Waals surface area contributed by atoms with Gasteiger partial charge in [-0.3, -0.25) is 10.00 Å². The van der Waals surface area contributed by atoms with Gasteiger partial charge in [0.15, 0.2) is 5.65 Å². The van der Waals surface area contributed by atoms with Crippen LogP contribution in [0.2, 0.25) is 0 Å². The fraction of sp³-hybridized carbons (Fsp3) is 0.455. The lowest BCUT2D eigenvalue weighted by Crippen LogP contribution is -2.35. The molecule has 0 radical (unpaired) electrons. The van der Waals surface area contributed by atoms with E-state index in [4.69, 9.17) is 4.98 Å². The number of aromatic amines is 1. The molecule has 1 aliphatic heterocycles. The normalized spacial score (nSPS) is 22.7. The molecule has 196 valence electrons. The van der Waals surface area contributed by atoms with Crippen molar-refractivity contribution in [1.29, 1.82) is 0 Å². The van der Waals surface area contributed by atoms with Crippen molar-refractivity contribution in [3.05, 3.63) is 70.9 Å². The lowest BCUT2D eigenvalue weighted by atomic mass is 9.88. The number of aryl methyl sites for hydroxylation is 1. The summed E-state index contributed by atoms with van der Waals surface area (Å²) in [5.41, 5.74) is 9.75. The fourth-order valence-electron chi connectivity index (χ4n) is 7.23. The van der Waals surface area contributed by atoms with Gasteiger partial charge in [-0.25, -0.2) is 4.98 Å². The van der Waals surface area contributed by atoms with E-state index in [9.17, 15) is 5.11 Å². The second-order valence-electron chi connectivity index (χ2n) is 12.0. The van der Waals surface area contributed by atoms with E-state index >= 15 is 0 Å². The molecule has 5 nitrogen and oxygen atoms in total. The first-order valence-corrected chi connectivity index (χ1v) is 14.6. The number of fused-ring (bicyclic) bond motifs is 3. The molecule has 3 heterocycles. The van der Waals surface area contributed by atoms with Gasteiger partial charge in [-0.1, -0.05) is 43.2 Å². The standard InChI is InChI=1S/C33H38N4O/c1-33(38)15-5-4-6-25-19-26(11-12-30(25)33)31-29-20-27(21-34-32(29)36-35-31)23-10-9-22-13-16-37(17-14-24(22)18-23)28-7-2-3-8-28/h9-12,18-21,28,38H,2-8,13-17H2,1H3,(H,34,35,36). The van der Waals surface area contributed by atoms with Crippen molar-refractivity contribution in [3.63, 3.8) is 0 Å². The second-order valence-corrected chi connectivity index (χ2v) is 12.0. The van der Waals surface area contributed by atoms with E-state index < -0.39 is 5.60 Å². The molecule has 2 aromatic heterocycles. The number of aromatic nitrogens is 3. The van der Waals surface area contributed by atoms with Gasteiger partial charge in [0.25, 0.3) is 0 Å². The third kappa shape index (κ3) is 4.36. The summed E-state index contributed by atoms with van der Waals surface area (Å²) in [5.74, 6) is 0. The van der Waals surface area contributed by atoms with Crippen molar-refractivity contribution in [2.75, 3.05) is 13.1 Å². The molecule has 0 amide bonds. The minimum atomic E-state index is -0.758. The summed E-state index contributed by atoms with van der Waals surface area (Å²) in [6, 6.07) is 16.5. The molecule has 0 spiro atoms. The Morgan fingerprint density at radius 1 is 0.842 bits per heavy atom. The minimum absolute atomic E-state index is 0.758. The summed E-state index contributed by atoms with van der Waals surface area (Å²) in [4.78, 5) is 7.51. The van der Waals surface area contributed by atoms with Crippen molar-refractivity contribution in [2.24, 2.45) is 0 Å². The first-order valence-electron chi connectivity index (χ1n) is 14.6. The van der Waals surface area contributed by atoms with Gasteiger partial charge in [-0.05, 0) is 98.2 Å². The van der Waals surface area contributed by atoms with Crippen molar-refractivity contribution in [3.8, 4) is 22.4 Å². The molecular formula is C33H38N4O. The van der Waals surface area contributed by atoms with Crippen LogP contribution in [0.4, 0.5) is 0 Å². The predicted molar refractivity (Wildman–Crippen MR) is 153 cm³/mol. The monoisotopic (exact) mass is 506 g/mol. The molecule has 1 unspecified atom stereocenters. The van der Waals surface area contributed by atoms with Gasteiger partial charge in [-0.15, -0.1) is 0 Å². The number of benzene rings is 2. The first-order chi connectivity index (χ1) is 18.5. The highest BCUT2D eigenvalue weighted by atomic mass is 16.3. The van der Waals surface area contributed by atoms with E-state index in [0.29, 0.717) is 0 Å². The average molecular weight is 507 g/mol. The maximum absolute atomic E-state index is 11.0. The minimum Gasteiger partial charge on any atom is -0.385 e. The van der Waals surface area contributed by atoms with Gasteiger partial charge in [0.2, 0.25) is 0 Å². The van der Waals surface area contributed by atoms with E-state index in [1.807, 2.05) is 13.1 Å². The van der Waals surface area contributed by atoms with Crippen LogP contribution in [0, 0.1) is 0 Å². The van der Waals surface area contributed by atoms with Crippen LogP contribution < -0.4 is 0 Å². The van der Waals surface area contributed by atoms with Gasteiger partial charge in [-0.2, -0.15) is 5.10 Å². The van der Waals surface area contributed by atoms with Crippen LogP contribution >= 0.6 is 0 Å². The number of nitrogens with zero attached hydrogens (tertiary/aromatic N) is 3. The highest BCUT2D eigenvalue weighted by molar-refractivity contribution is 5.93. The van der Waals surface area contributed by atoms with Crippen molar-refractivity contribution >= 4 is 11.0 Å². The summed E-state index contributed by atoms with van der Waals surface area (Å²) in [6.45, 7) is 4.32. The smallest absolute Gasteiger partial charge is 0.155 e. The molecule has 5 heteroatoms. The van der Waals surface area contributed by atoms with Crippen LogP contribution in [-0.2, 0) is 24.9 Å². The predicted octanol–water partition coefficient (Wildman–Crippen LogP) is 6.57. The zero-order chi connectivity index (χ0) is 25.7. The van der Waals surface area contributed by atoms with Crippen LogP contribution in [0.1, 0.15) is 74.1 Å². The Balaban J connectivity index is 1.20. The number of nitrogens with one attached hydrogen (secondary N) is 1. The quantitative estimate of drug-likeness (QED) is 0.309. The summed E-state index contributed by atoms with van der Waals surface area (Å²) >= 11 is 0. The average Bonchev–Trinajstić information content (AvgIpc) is 3.53. The number of rotatable bonds is 3. The fourth-order valence-corrected chi connectivity index (χ4v) is 7.23. The molecule has 0 bridgehead atoms. The van der Waals surface area contributed by atoms with Gasteiger partial charge in [0.05, 0.1) is 5.60 Å². The van der Waals surface area contributed by atoms with Gasteiger partial charge in [0.1, 0.15) is 5.69 Å². The van der Waals surface area contributed by atoms with E-state index in [-0.39, 0.29) is 0 Å². The first kappa shape index (κ1) is 24.1. The number of pyridine rings is 1. The summed E-state index contributed by atoms with van der Waals surface area (Å²) < 4.78 is 0. The Labute approximate surface area is 225 Å². The zero-order valence-electron chi connectivity index (χ0n) is 22.5. The number of aliphatic hydroxyl groups is 1. The van der Waals surface area contributed by atoms with E-state index in [1.54, 1.807) is 0 Å². The Hall–Kier alpha value is -3.02. The number of hydrogen-bond donors (Lipinski definition) is 2. The van der Waals surface area contributed by atoms with Gasteiger partial charge in [0, 0.05) is 41.8 Å². The topological polar surface area (TPSA) is 65.0 Å². The number of hydrogen-bond acceptors (Lipinski definition) is 4. The Bertz CT molecular complexity index is 1480. The SMILES string of the molecule is CC1(O)CCCCc2cc(-c3n[nH]c4ncc(-c5ccc6c(c5)CCN(C5CCCC5)CC6)cc34)ccc21. The van der Waals surface area contributed by atoms with Crippen LogP contribution in [0.5, 0.6) is 0 Å². The Morgan fingerprint density at radius 2 is 1.63 bits per heavy atom. The van der Waals surface area contributed by atoms with E-state index in [2.05, 4.69) is 57.6 Å². The summed E-state index contributed by atoms with van der Waals surface area (Å²) in [6.07, 6.45) is 13.8. The maximum Gasteiger partial charge on any atom is 0.155 e. The second kappa shape index (κ2) is 9.62. The lowest BCUT2D eigenvalue weighted by molar-refractivity contribution is 0.0473. The summed E-state index contributed by atoms with van der Waals surface area (Å²) in [7, 11) is 0. The Morgan fingerprint density at radius 3 is 2.50 bits per heavy atom. The van der Waals surface area contributed by atoms with Crippen LogP contribution in [0.25, 0.3) is 33.4 Å². The third-order valence-corrected chi connectivity index (χ3v) is 9.45. The maximum atomic E-state index is 11.0. The molecule has 2 aromatic carbocycles. The lowest BCUT2D eigenvalue weighted by Gasteiger charge is -2.26. The molecule has 38 heavy (non-hydrogen) atoms. The summed E-state index contributed by atoms with van der Waals surface area (Å²) in [5, 5.41) is 19.9.